The zero-order valence-electron chi connectivity index (χ0n) is 35.7. The average molecular weight is 882 g/mol. The van der Waals surface area contributed by atoms with E-state index in [1.54, 1.807) is 55.7 Å². The van der Waals surface area contributed by atoms with E-state index in [1.165, 1.54) is 14.2 Å². The number of benzene rings is 5. The Morgan fingerprint density at radius 3 is 1.68 bits per heavy atom. The molecule has 0 fully saturated rings. The van der Waals surface area contributed by atoms with Crippen LogP contribution in [-0.4, -0.2) is 67.5 Å². The van der Waals surface area contributed by atoms with Crippen molar-refractivity contribution in [2.75, 3.05) is 35.6 Å². The smallest absolute Gasteiger partial charge is 0.261 e. The van der Waals surface area contributed by atoms with E-state index in [0.29, 0.717) is 76.9 Å². The first-order chi connectivity index (χ1) is 30.5. The molecule has 1 N–H and O–H groups in total. The third kappa shape index (κ3) is 8.49. The van der Waals surface area contributed by atoms with Crippen LogP contribution in [0.3, 0.4) is 0 Å². The average Bonchev–Trinajstić information content (AvgIpc) is 3.77. The lowest BCUT2D eigenvalue weighted by Crippen LogP contribution is -2.37. The standard InChI is InChI=1S/C49H47N5O7S2/c1-49(2,63-62-5)15-14-46(55)52-33-17-29(27-60-44-23-38-36(21-42(44)58-3)47(56)53-34(25-50-38)19-31-10-6-8-12-40(31)53)16-30(18-33)28-61-45-24-39-37(22-43(45)59-4)48(57)54-35(26-51-39)20-32-11-7-9-13-41(32)54/h6-13,16-18,21-26,34-35H,14-15,19-20,27-28H2,1-5H3,(H,52,55)/t34-,35-/m0/s1. The number of fused-ring (bicyclic) bond motifs is 8. The van der Waals surface area contributed by atoms with Gasteiger partial charge in [0.25, 0.3) is 11.8 Å². The predicted molar refractivity (Wildman–Crippen MR) is 252 cm³/mol. The van der Waals surface area contributed by atoms with Gasteiger partial charge in [-0.2, -0.15) is 0 Å². The molecule has 3 amide bonds. The van der Waals surface area contributed by atoms with Crippen LogP contribution in [0, 0.1) is 0 Å². The Labute approximate surface area is 374 Å². The van der Waals surface area contributed by atoms with E-state index in [-0.39, 0.29) is 47.8 Å². The van der Waals surface area contributed by atoms with Gasteiger partial charge in [-0.1, -0.05) is 58.0 Å². The SMILES string of the molecule is COc1cc2c(cc1OCc1cc(COc3cc4c(cc3OC)C(=O)N3c5ccccc5C[C@H]3C=N4)cc(NC(=O)CCC(C)(C)SSC)c1)N=C[C@@H]1Cc3ccccc3N1C2=O. The van der Waals surface area contributed by atoms with Crippen LogP contribution in [0.25, 0.3) is 0 Å². The molecule has 0 aromatic heterocycles. The summed E-state index contributed by atoms with van der Waals surface area (Å²) in [5, 5.41) is 3.10. The second-order valence-corrected chi connectivity index (χ2v) is 19.5. The number of ether oxygens (including phenoxy) is 4. The molecule has 4 heterocycles. The highest BCUT2D eigenvalue weighted by molar-refractivity contribution is 8.76. The first-order valence-electron chi connectivity index (χ1n) is 20.8. The third-order valence-corrected chi connectivity index (χ3v) is 14.3. The molecule has 322 valence electrons. The number of nitrogens with zero attached hydrogens (tertiary/aromatic N) is 4. The molecule has 4 aliphatic rings. The quantitative estimate of drug-likeness (QED) is 0.108. The summed E-state index contributed by atoms with van der Waals surface area (Å²) < 4.78 is 24.3. The van der Waals surface area contributed by atoms with Crippen LogP contribution in [0.5, 0.6) is 23.0 Å². The number of carbonyl (C=O) groups excluding carboxylic acids is 3. The molecule has 0 radical (unpaired) electrons. The molecule has 0 saturated carbocycles. The summed E-state index contributed by atoms with van der Waals surface area (Å²) in [6, 6.07) is 28.0. The van der Waals surface area contributed by atoms with E-state index in [1.807, 2.05) is 85.4 Å². The number of para-hydroxylation sites is 2. The van der Waals surface area contributed by atoms with E-state index in [0.717, 1.165) is 33.6 Å². The summed E-state index contributed by atoms with van der Waals surface area (Å²) >= 11 is 0. The van der Waals surface area contributed by atoms with Gasteiger partial charge in [0, 0.05) is 65.6 Å². The van der Waals surface area contributed by atoms with Crippen molar-refractivity contribution in [3.05, 3.63) is 124 Å². The molecule has 0 spiro atoms. The molecular formula is C49H47N5O7S2. The normalized spacial score (nSPS) is 16.8. The molecule has 2 atom stereocenters. The van der Waals surface area contributed by atoms with Crippen LogP contribution < -0.4 is 34.1 Å². The first-order valence-corrected chi connectivity index (χ1v) is 23.3. The zero-order valence-corrected chi connectivity index (χ0v) is 37.3. The molecule has 4 aliphatic heterocycles. The van der Waals surface area contributed by atoms with Crippen LogP contribution >= 0.6 is 21.6 Å². The maximum Gasteiger partial charge on any atom is 0.261 e. The van der Waals surface area contributed by atoms with Gasteiger partial charge in [0.1, 0.15) is 13.2 Å². The van der Waals surface area contributed by atoms with Crippen LogP contribution in [0.15, 0.2) is 101 Å². The summed E-state index contributed by atoms with van der Waals surface area (Å²) in [6.45, 7) is 4.47. The number of amides is 3. The van der Waals surface area contributed by atoms with Crippen molar-refractivity contribution in [3.8, 4) is 23.0 Å². The Morgan fingerprint density at radius 1 is 0.714 bits per heavy atom. The topological polar surface area (TPSA) is 131 Å². The lowest BCUT2D eigenvalue weighted by molar-refractivity contribution is -0.116. The van der Waals surface area contributed by atoms with E-state index in [4.69, 9.17) is 28.9 Å². The Bertz CT molecular complexity index is 2540. The zero-order chi connectivity index (χ0) is 43.8. The monoisotopic (exact) mass is 881 g/mol. The molecule has 5 aromatic rings. The number of methoxy groups -OCH3 is 2. The minimum Gasteiger partial charge on any atom is -0.493 e. The van der Waals surface area contributed by atoms with Crippen molar-refractivity contribution in [1.82, 2.24) is 0 Å². The van der Waals surface area contributed by atoms with Gasteiger partial charge in [-0.15, -0.1) is 0 Å². The predicted octanol–water partition coefficient (Wildman–Crippen LogP) is 9.95. The summed E-state index contributed by atoms with van der Waals surface area (Å²) in [6.07, 6.45) is 8.11. The molecule has 0 aliphatic carbocycles. The fraction of sp³-hybridized carbons (Fsp3) is 0.286. The molecule has 14 heteroatoms. The Hall–Kier alpha value is -6.25. The lowest BCUT2D eigenvalue weighted by Gasteiger charge is -2.22. The molecule has 9 rings (SSSR count). The fourth-order valence-corrected chi connectivity index (χ4v) is 10.8. The molecule has 5 aromatic carbocycles. The molecule has 12 nitrogen and oxygen atoms in total. The van der Waals surface area contributed by atoms with E-state index in [2.05, 4.69) is 19.2 Å². The number of hydrogen-bond donors (Lipinski definition) is 1. The van der Waals surface area contributed by atoms with Gasteiger partial charge in [-0.3, -0.25) is 34.2 Å². The van der Waals surface area contributed by atoms with Crippen LogP contribution in [-0.2, 0) is 30.8 Å². The first kappa shape index (κ1) is 42.1. The third-order valence-electron chi connectivity index (χ3n) is 11.6. The highest BCUT2D eigenvalue weighted by Crippen LogP contribution is 2.43. The van der Waals surface area contributed by atoms with Gasteiger partial charge in [-0.05, 0) is 91.2 Å². The number of hydrogen-bond acceptors (Lipinski definition) is 11. The fourth-order valence-electron chi connectivity index (χ4n) is 8.61. The summed E-state index contributed by atoms with van der Waals surface area (Å²) in [5.74, 6) is 1.20. The van der Waals surface area contributed by atoms with Gasteiger partial charge < -0.3 is 24.3 Å². The highest BCUT2D eigenvalue weighted by atomic mass is 33.1. The Morgan fingerprint density at radius 2 is 1.21 bits per heavy atom. The summed E-state index contributed by atoms with van der Waals surface area (Å²) in [7, 11) is 6.51. The molecule has 0 bridgehead atoms. The number of carbonyl (C=O) groups is 3. The van der Waals surface area contributed by atoms with Crippen molar-refractivity contribution >= 4 is 80.2 Å². The molecule has 0 unspecified atom stereocenters. The Kier molecular flexibility index (Phi) is 11.7. The summed E-state index contributed by atoms with van der Waals surface area (Å²) in [4.78, 5) is 54.5. The van der Waals surface area contributed by atoms with Crippen LogP contribution in [0.1, 0.15) is 69.7 Å². The highest BCUT2D eigenvalue weighted by Gasteiger charge is 2.38. The van der Waals surface area contributed by atoms with Crippen molar-refractivity contribution < 1.29 is 33.3 Å². The van der Waals surface area contributed by atoms with Gasteiger partial charge >= 0.3 is 0 Å². The van der Waals surface area contributed by atoms with Crippen molar-refractivity contribution in [3.63, 3.8) is 0 Å². The van der Waals surface area contributed by atoms with E-state index < -0.39 is 0 Å². The number of anilines is 3. The number of nitrogens with one attached hydrogen (secondary N) is 1. The second kappa shape index (κ2) is 17.5. The van der Waals surface area contributed by atoms with Gasteiger partial charge in [0.05, 0.1) is 48.8 Å². The number of rotatable bonds is 14. The van der Waals surface area contributed by atoms with Crippen molar-refractivity contribution in [2.24, 2.45) is 9.98 Å². The van der Waals surface area contributed by atoms with E-state index in [9.17, 15) is 14.4 Å². The van der Waals surface area contributed by atoms with E-state index >= 15 is 0 Å². The molecule has 0 saturated heterocycles. The minimum absolute atomic E-state index is 0.0734. The summed E-state index contributed by atoms with van der Waals surface area (Å²) in [5.41, 5.74) is 7.91. The van der Waals surface area contributed by atoms with Gasteiger partial charge in [-0.25, -0.2) is 0 Å². The second-order valence-electron chi connectivity index (χ2n) is 16.4. The van der Waals surface area contributed by atoms with Gasteiger partial charge in [0.15, 0.2) is 23.0 Å². The van der Waals surface area contributed by atoms with Crippen molar-refractivity contribution in [1.29, 1.82) is 0 Å². The molecular weight excluding hydrogens is 835 g/mol. The maximum atomic E-state index is 14.0. The lowest BCUT2D eigenvalue weighted by atomic mass is 10.1. The van der Waals surface area contributed by atoms with Crippen molar-refractivity contribution in [2.45, 2.75) is 69.6 Å². The van der Waals surface area contributed by atoms with Gasteiger partial charge in [0.2, 0.25) is 5.91 Å². The largest absolute Gasteiger partial charge is 0.493 e. The van der Waals surface area contributed by atoms with Crippen LogP contribution in [0.2, 0.25) is 0 Å². The number of aliphatic imine (C=N–C) groups is 2. The Balaban J connectivity index is 0.972. The minimum atomic E-state index is -0.191. The maximum absolute atomic E-state index is 14.0. The molecule has 63 heavy (non-hydrogen) atoms. The van der Waals surface area contributed by atoms with Crippen LogP contribution in [0.4, 0.5) is 28.4 Å².